The maximum absolute atomic E-state index is 13.2. The number of non-ortho nitro benzene ring substituents is 1. The third-order valence-electron chi connectivity index (χ3n) is 5.53. The van der Waals surface area contributed by atoms with Crippen LogP contribution in [0.1, 0.15) is 62.9 Å². The van der Waals surface area contributed by atoms with Crippen molar-refractivity contribution in [2.75, 3.05) is 0 Å². The number of nitrogens with one attached hydrogen (secondary N) is 2. The third-order valence-corrected chi connectivity index (χ3v) is 7.14. The van der Waals surface area contributed by atoms with Crippen molar-refractivity contribution in [1.29, 1.82) is 0 Å². The molecular weight excluding hydrogens is 502 g/mol. The Morgan fingerprint density at radius 3 is 2.57 bits per heavy atom. The van der Waals surface area contributed by atoms with Crippen LogP contribution in [0.15, 0.2) is 45.9 Å². The molecule has 0 aliphatic carbocycles. The number of aromatic nitrogens is 2. The lowest BCUT2D eigenvalue weighted by molar-refractivity contribution is -0.385. The zero-order valence-corrected chi connectivity index (χ0v) is 22.4. The van der Waals surface area contributed by atoms with Gasteiger partial charge in [0.2, 0.25) is 15.9 Å². The predicted molar refractivity (Wildman–Crippen MR) is 135 cm³/mol. The van der Waals surface area contributed by atoms with Gasteiger partial charge in [0, 0.05) is 23.7 Å². The van der Waals surface area contributed by atoms with E-state index in [-0.39, 0.29) is 23.9 Å². The van der Waals surface area contributed by atoms with Crippen molar-refractivity contribution in [2.24, 2.45) is 0 Å². The summed E-state index contributed by atoms with van der Waals surface area (Å²) in [5.74, 6) is 0.0749. The molecular formula is C24H31N5O7S. The second-order valence-corrected chi connectivity index (χ2v) is 11.2. The number of carbonyl (C=O) groups is 1. The second kappa shape index (κ2) is 10.7. The van der Waals surface area contributed by atoms with Crippen molar-refractivity contribution in [2.45, 2.75) is 71.0 Å². The molecule has 1 atom stereocenters. The van der Waals surface area contributed by atoms with Gasteiger partial charge in [-0.05, 0) is 59.2 Å². The molecule has 0 radical (unpaired) electrons. The highest BCUT2D eigenvalue weighted by Crippen LogP contribution is 2.36. The van der Waals surface area contributed by atoms with Gasteiger partial charge in [-0.1, -0.05) is 6.92 Å². The predicted octanol–water partition coefficient (Wildman–Crippen LogP) is 4.25. The average molecular weight is 534 g/mol. The van der Waals surface area contributed by atoms with Crippen molar-refractivity contribution >= 4 is 21.6 Å². The molecule has 200 valence electrons. The molecule has 3 rings (SSSR count). The van der Waals surface area contributed by atoms with Crippen molar-refractivity contribution in [3.05, 3.63) is 63.7 Å². The highest BCUT2D eigenvalue weighted by molar-refractivity contribution is 7.89. The maximum Gasteiger partial charge on any atom is 0.272 e. The largest absolute Gasteiger partial charge is 0.467 e. The minimum Gasteiger partial charge on any atom is -0.467 e. The van der Waals surface area contributed by atoms with Gasteiger partial charge >= 0.3 is 0 Å². The van der Waals surface area contributed by atoms with Gasteiger partial charge in [0.25, 0.3) is 11.6 Å². The first-order valence-electron chi connectivity index (χ1n) is 11.6. The summed E-state index contributed by atoms with van der Waals surface area (Å²) in [6.45, 7) is 10.8. The number of nitro groups is 1. The van der Waals surface area contributed by atoms with Gasteiger partial charge in [0.15, 0.2) is 5.69 Å². The molecule has 0 aliphatic heterocycles. The highest BCUT2D eigenvalue weighted by atomic mass is 32.2. The molecule has 13 heteroatoms. The molecule has 0 saturated heterocycles. The molecule has 0 saturated carbocycles. The molecule has 37 heavy (non-hydrogen) atoms. The summed E-state index contributed by atoms with van der Waals surface area (Å²) < 4.78 is 41.6. The first-order chi connectivity index (χ1) is 17.2. The number of amides is 1. The van der Waals surface area contributed by atoms with E-state index in [0.717, 1.165) is 12.1 Å². The molecule has 1 aromatic carbocycles. The summed E-state index contributed by atoms with van der Waals surface area (Å²) in [5.41, 5.74) is -0.617. The Morgan fingerprint density at radius 1 is 1.30 bits per heavy atom. The first-order valence-corrected chi connectivity index (χ1v) is 13.1. The molecule has 3 aromatic rings. The number of hydrogen-bond donors (Lipinski definition) is 2. The number of nitrogens with zero attached hydrogens (tertiary/aromatic N) is 3. The molecule has 12 nitrogen and oxygen atoms in total. The maximum atomic E-state index is 13.2. The molecule has 2 aromatic heterocycles. The third kappa shape index (κ3) is 6.35. The van der Waals surface area contributed by atoms with E-state index in [4.69, 9.17) is 9.15 Å². The molecule has 0 bridgehead atoms. The Bertz CT molecular complexity index is 1390. The number of furan rings is 1. The van der Waals surface area contributed by atoms with Gasteiger partial charge < -0.3 is 14.5 Å². The van der Waals surface area contributed by atoms with Gasteiger partial charge in [-0.25, -0.2) is 17.8 Å². The molecule has 1 amide bonds. The number of hydrogen-bond acceptors (Lipinski definition) is 8. The Morgan fingerprint density at radius 2 is 2.00 bits per heavy atom. The number of ether oxygens (including phenoxy) is 1. The molecule has 0 spiro atoms. The van der Waals surface area contributed by atoms with Crippen molar-refractivity contribution in [1.82, 2.24) is 19.8 Å². The fourth-order valence-corrected chi connectivity index (χ4v) is 4.83. The van der Waals surface area contributed by atoms with E-state index in [1.807, 2.05) is 27.7 Å². The van der Waals surface area contributed by atoms with E-state index in [0.29, 0.717) is 17.7 Å². The summed E-state index contributed by atoms with van der Waals surface area (Å²) in [4.78, 5) is 23.2. The summed E-state index contributed by atoms with van der Waals surface area (Å²) in [6.07, 6.45) is 2.01. The average Bonchev–Trinajstić information content (AvgIpc) is 3.45. The summed E-state index contributed by atoms with van der Waals surface area (Å²) in [7, 11) is -4.18. The number of nitro benzene ring substituents is 1. The van der Waals surface area contributed by atoms with E-state index >= 15 is 0 Å². The quantitative estimate of drug-likeness (QED) is 0.289. The SMILES string of the molecule is CCC(C)NS(=O)(=O)c1cc([N+](=O)[O-])ccc1Oc1c(C)c(C(=O)NCc2ccco2)nn1C(C)(C)C. The highest BCUT2D eigenvalue weighted by Gasteiger charge is 2.31. The van der Waals surface area contributed by atoms with Crippen molar-refractivity contribution in [3.63, 3.8) is 0 Å². The van der Waals surface area contributed by atoms with E-state index in [2.05, 4.69) is 15.1 Å². The van der Waals surface area contributed by atoms with E-state index in [9.17, 15) is 23.3 Å². The lowest BCUT2D eigenvalue weighted by Crippen LogP contribution is -2.32. The second-order valence-electron chi connectivity index (χ2n) is 9.54. The van der Waals surface area contributed by atoms with E-state index < -0.39 is 43.0 Å². The summed E-state index contributed by atoms with van der Waals surface area (Å²) in [6, 6.07) is 6.34. The van der Waals surface area contributed by atoms with Crippen LogP contribution in [-0.2, 0) is 22.1 Å². The fraction of sp³-hybridized carbons (Fsp3) is 0.417. The zero-order chi connectivity index (χ0) is 27.5. The normalized spacial score (nSPS) is 12.8. The molecule has 0 fully saturated rings. The summed E-state index contributed by atoms with van der Waals surface area (Å²) in [5, 5.41) is 18.6. The van der Waals surface area contributed by atoms with Crippen LogP contribution in [0.4, 0.5) is 5.69 Å². The number of rotatable bonds is 10. The number of carbonyl (C=O) groups excluding carboxylic acids is 1. The minimum atomic E-state index is -4.18. The van der Waals surface area contributed by atoms with Crippen LogP contribution in [0.5, 0.6) is 11.6 Å². The van der Waals surface area contributed by atoms with Gasteiger partial charge in [0.05, 0.1) is 23.3 Å². The van der Waals surface area contributed by atoms with Crippen LogP contribution in [0.25, 0.3) is 0 Å². The minimum absolute atomic E-state index is 0.0838. The first kappa shape index (κ1) is 27.9. The van der Waals surface area contributed by atoms with Gasteiger partial charge in [0.1, 0.15) is 16.4 Å². The monoisotopic (exact) mass is 533 g/mol. The Labute approximate surface area is 215 Å². The van der Waals surface area contributed by atoms with Crippen LogP contribution >= 0.6 is 0 Å². The Kier molecular flexibility index (Phi) is 8.08. The molecule has 2 heterocycles. The lowest BCUT2D eigenvalue weighted by atomic mass is 10.1. The van der Waals surface area contributed by atoms with Gasteiger partial charge in [-0.2, -0.15) is 5.10 Å². The van der Waals surface area contributed by atoms with Crippen LogP contribution in [0, 0.1) is 17.0 Å². The Hall–Kier alpha value is -3.71. The van der Waals surface area contributed by atoms with Crippen LogP contribution in [0.3, 0.4) is 0 Å². The van der Waals surface area contributed by atoms with Crippen LogP contribution in [0.2, 0.25) is 0 Å². The van der Waals surface area contributed by atoms with Gasteiger partial charge in [-0.3, -0.25) is 14.9 Å². The van der Waals surface area contributed by atoms with E-state index in [1.165, 1.54) is 17.0 Å². The standard InChI is InChI=1S/C24H31N5O7S/c1-7-15(2)27-37(33,34)20-13-17(29(31)32)10-11-19(20)36-23-16(3)21(26-28(23)24(4,5)6)22(30)25-14-18-9-8-12-35-18/h8-13,15,27H,7,14H2,1-6H3,(H,25,30). The zero-order valence-electron chi connectivity index (χ0n) is 21.6. The van der Waals surface area contributed by atoms with Gasteiger partial charge in [-0.15, -0.1) is 0 Å². The van der Waals surface area contributed by atoms with Crippen molar-refractivity contribution in [3.8, 4) is 11.6 Å². The van der Waals surface area contributed by atoms with E-state index in [1.54, 1.807) is 26.0 Å². The molecule has 1 unspecified atom stereocenters. The number of sulfonamides is 1. The van der Waals surface area contributed by atoms with Crippen LogP contribution in [-0.4, -0.2) is 35.1 Å². The Balaban J connectivity index is 2.07. The topological polar surface area (TPSA) is 159 Å². The fourth-order valence-electron chi connectivity index (χ4n) is 3.36. The molecule has 2 N–H and O–H groups in total. The number of benzene rings is 1. The lowest BCUT2D eigenvalue weighted by Gasteiger charge is -2.23. The molecule has 0 aliphatic rings. The summed E-state index contributed by atoms with van der Waals surface area (Å²) >= 11 is 0. The smallest absolute Gasteiger partial charge is 0.272 e. The van der Waals surface area contributed by atoms with Crippen LogP contribution < -0.4 is 14.8 Å². The van der Waals surface area contributed by atoms with Crippen molar-refractivity contribution < 1.29 is 27.3 Å².